The highest BCUT2D eigenvalue weighted by molar-refractivity contribution is 5.82. The summed E-state index contributed by atoms with van der Waals surface area (Å²) in [5.74, 6) is 0.401. The fourth-order valence-electron chi connectivity index (χ4n) is 2.47. The zero-order valence-electron chi connectivity index (χ0n) is 11.4. The van der Waals surface area contributed by atoms with Crippen molar-refractivity contribution in [2.24, 2.45) is 0 Å². The van der Waals surface area contributed by atoms with E-state index in [1.165, 1.54) is 6.07 Å². The van der Waals surface area contributed by atoms with Gasteiger partial charge >= 0.3 is 0 Å². The summed E-state index contributed by atoms with van der Waals surface area (Å²) in [6.07, 6.45) is 0. The molecule has 0 saturated carbocycles. The van der Waals surface area contributed by atoms with E-state index in [4.69, 9.17) is 0 Å². The number of phenolic OH excluding ortho intramolecular Hbond substituents is 1. The molecule has 3 rings (SSSR count). The molecule has 0 amide bonds. The summed E-state index contributed by atoms with van der Waals surface area (Å²) in [4.78, 5) is 4.38. The van der Waals surface area contributed by atoms with Gasteiger partial charge in [0.05, 0.1) is 11.1 Å². The van der Waals surface area contributed by atoms with Gasteiger partial charge in [0, 0.05) is 6.54 Å². The minimum Gasteiger partial charge on any atom is -0.507 e. The number of fused-ring (bicyclic) bond motifs is 1. The van der Waals surface area contributed by atoms with E-state index in [9.17, 15) is 9.50 Å². The lowest BCUT2D eigenvalue weighted by Crippen LogP contribution is -1.97. The number of hydrogen-bond acceptors (Lipinski definition) is 2. The normalized spacial score (nSPS) is 11.2. The van der Waals surface area contributed by atoms with Gasteiger partial charge in [0.1, 0.15) is 17.1 Å². The number of aryl methyl sites for hydroxylation is 2. The third kappa shape index (κ3) is 1.84. The number of benzene rings is 2. The molecule has 1 N–H and O–H groups in total. The Hall–Kier alpha value is -2.36. The van der Waals surface area contributed by atoms with Crippen LogP contribution < -0.4 is 0 Å². The van der Waals surface area contributed by atoms with Gasteiger partial charge in [-0.15, -0.1) is 0 Å². The molecule has 3 nitrogen and oxygen atoms in total. The van der Waals surface area contributed by atoms with Gasteiger partial charge in [0.25, 0.3) is 0 Å². The van der Waals surface area contributed by atoms with Crippen molar-refractivity contribution in [1.82, 2.24) is 9.55 Å². The number of nitrogens with zero attached hydrogens (tertiary/aromatic N) is 2. The number of aromatic hydroxyl groups is 1. The highest BCUT2D eigenvalue weighted by Crippen LogP contribution is 2.32. The lowest BCUT2D eigenvalue weighted by atomic mass is 10.1. The molecule has 0 spiro atoms. The lowest BCUT2D eigenvalue weighted by molar-refractivity contribution is 0.476. The summed E-state index contributed by atoms with van der Waals surface area (Å²) in [6.45, 7) is 4.58. The van der Waals surface area contributed by atoms with Crippen LogP contribution >= 0.6 is 0 Å². The van der Waals surface area contributed by atoms with Gasteiger partial charge in [0.2, 0.25) is 0 Å². The van der Waals surface area contributed by atoms with E-state index < -0.39 is 0 Å². The Morgan fingerprint density at radius 3 is 2.80 bits per heavy atom. The van der Waals surface area contributed by atoms with Crippen molar-refractivity contribution in [3.05, 3.63) is 47.8 Å². The van der Waals surface area contributed by atoms with Crippen LogP contribution in [0.15, 0.2) is 36.4 Å². The number of halogens is 1. The summed E-state index contributed by atoms with van der Waals surface area (Å²) in [5.41, 5.74) is 2.73. The summed E-state index contributed by atoms with van der Waals surface area (Å²) in [6, 6.07) is 10.2. The second-order valence-electron chi connectivity index (χ2n) is 4.81. The number of rotatable bonds is 2. The third-order valence-corrected chi connectivity index (χ3v) is 3.44. The molecule has 0 aliphatic heterocycles. The van der Waals surface area contributed by atoms with Crippen molar-refractivity contribution in [3.63, 3.8) is 0 Å². The molecule has 2 aromatic carbocycles. The average molecular weight is 270 g/mol. The molecule has 1 heterocycles. The largest absolute Gasteiger partial charge is 0.507 e. The van der Waals surface area contributed by atoms with Crippen LogP contribution in [0.4, 0.5) is 4.39 Å². The van der Waals surface area contributed by atoms with Gasteiger partial charge in [-0.1, -0.05) is 17.7 Å². The maximum Gasteiger partial charge on any atom is 0.151 e. The summed E-state index contributed by atoms with van der Waals surface area (Å²) >= 11 is 0. The van der Waals surface area contributed by atoms with Crippen LogP contribution in [0.3, 0.4) is 0 Å². The standard InChI is InChI=1S/C16H15FN2O/c1-3-19-13-6-4-5-12(17)15(13)18-16(19)11-9-10(2)7-8-14(11)20/h4-9,20H,3H2,1-2H3. The first-order valence-corrected chi connectivity index (χ1v) is 6.56. The molecule has 0 atom stereocenters. The second-order valence-corrected chi connectivity index (χ2v) is 4.81. The van der Waals surface area contributed by atoms with Crippen molar-refractivity contribution in [2.45, 2.75) is 20.4 Å². The van der Waals surface area contributed by atoms with E-state index in [1.807, 2.05) is 36.6 Å². The van der Waals surface area contributed by atoms with Crippen LogP contribution in [0.5, 0.6) is 5.75 Å². The first kappa shape index (κ1) is 12.7. The third-order valence-electron chi connectivity index (χ3n) is 3.44. The first-order chi connectivity index (χ1) is 9.61. The SMILES string of the molecule is CCn1c(-c2cc(C)ccc2O)nc2c(F)cccc21. The van der Waals surface area contributed by atoms with Gasteiger partial charge in [-0.25, -0.2) is 9.37 Å². The van der Waals surface area contributed by atoms with Crippen molar-refractivity contribution in [2.75, 3.05) is 0 Å². The maximum absolute atomic E-state index is 13.9. The predicted octanol–water partition coefficient (Wildman–Crippen LogP) is 3.88. The van der Waals surface area contributed by atoms with Crippen LogP contribution in [0.1, 0.15) is 12.5 Å². The fourth-order valence-corrected chi connectivity index (χ4v) is 2.47. The predicted molar refractivity (Wildman–Crippen MR) is 77.2 cm³/mol. The Kier molecular flexibility index (Phi) is 2.93. The van der Waals surface area contributed by atoms with E-state index >= 15 is 0 Å². The zero-order valence-corrected chi connectivity index (χ0v) is 11.4. The van der Waals surface area contributed by atoms with E-state index in [-0.39, 0.29) is 11.6 Å². The molecular weight excluding hydrogens is 255 g/mol. The van der Waals surface area contributed by atoms with E-state index in [2.05, 4.69) is 4.98 Å². The quantitative estimate of drug-likeness (QED) is 0.767. The monoisotopic (exact) mass is 270 g/mol. The molecule has 0 aliphatic carbocycles. The Bertz CT molecular complexity index is 793. The number of phenols is 1. The number of hydrogen-bond donors (Lipinski definition) is 1. The molecule has 0 saturated heterocycles. The van der Waals surface area contributed by atoms with Gasteiger partial charge in [-0.3, -0.25) is 0 Å². The Morgan fingerprint density at radius 2 is 2.05 bits per heavy atom. The van der Waals surface area contributed by atoms with Crippen LogP contribution in [-0.2, 0) is 6.54 Å². The molecule has 0 unspecified atom stereocenters. The van der Waals surface area contributed by atoms with Gasteiger partial charge in [0.15, 0.2) is 5.82 Å². The molecule has 4 heteroatoms. The molecule has 1 aromatic heterocycles. The van der Waals surface area contributed by atoms with Crippen molar-refractivity contribution in [1.29, 1.82) is 0 Å². The fraction of sp³-hybridized carbons (Fsp3) is 0.188. The molecule has 20 heavy (non-hydrogen) atoms. The van der Waals surface area contributed by atoms with Crippen LogP contribution in [0, 0.1) is 12.7 Å². The molecule has 102 valence electrons. The highest BCUT2D eigenvalue weighted by atomic mass is 19.1. The smallest absolute Gasteiger partial charge is 0.151 e. The average Bonchev–Trinajstić information content (AvgIpc) is 2.81. The zero-order chi connectivity index (χ0) is 14.3. The van der Waals surface area contributed by atoms with Gasteiger partial charge < -0.3 is 9.67 Å². The summed E-state index contributed by atoms with van der Waals surface area (Å²) in [7, 11) is 0. The Labute approximate surface area is 116 Å². The molecular formula is C16H15FN2O. The summed E-state index contributed by atoms with van der Waals surface area (Å²) < 4.78 is 15.8. The van der Waals surface area contributed by atoms with Crippen molar-refractivity contribution < 1.29 is 9.50 Å². The molecule has 0 bridgehead atoms. The molecule has 0 fully saturated rings. The van der Waals surface area contributed by atoms with Gasteiger partial charge in [-0.05, 0) is 38.1 Å². The molecule has 3 aromatic rings. The molecule has 0 aliphatic rings. The highest BCUT2D eigenvalue weighted by Gasteiger charge is 2.16. The van der Waals surface area contributed by atoms with Crippen LogP contribution in [0.25, 0.3) is 22.4 Å². The van der Waals surface area contributed by atoms with E-state index in [0.717, 1.165) is 11.1 Å². The second kappa shape index (κ2) is 4.63. The number of imidazole rings is 1. The van der Waals surface area contributed by atoms with Crippen molar-refractivity contribution in [3.8, 4) is 17.1 Å². The van der Waals surface area contributed by atoms with E-state index in [1.54, 1.807) is 12.1 Å². The van der Waals surface area contributed by atoms with E-state index in [0.29, 0.717) is 23.4 Å². The van der Waals surface area contributed by atoms with Crippen molar-refractivity contribution >= 4 is 11.0 Å². The number of para-hydroxylation sites is 1. The maximum atomic E-state index is 13.9. The minimum atomic E-state index is -0.344. The van der Waals surface area contributed by atoms with Crippen LogP contribution in [-0.4, -0.2) is 14.7 Å². The minimum absolute atomic E-state index is 0.154. The lowest BCUT2D eigenvalue weighted by Gasteiger charge is -2.08. The first-order valence-electron chi connectivity index (χ1n) is 6.56. The Balaban J connectivity index is 2.36. The number of aromatic nitrogens is 2. The topological polar surface area (TPSA) is 38.0 Å². The van der Waals surface area contributed by atoms with Gasteiger partial charge in [-0.2, -0.15) is 0 Å². The summed E-state index contributed by atoms with van der Waals surface area (Å²) in [5, 5.41) is 10.1. The molecule has 0 radical (unpaired) electrons. The van der Waals surface area contributed by atoms with Crippen LogP contribution in [0.2, 0.25) is 0 Å². The Morgan fingerprint density at radius 1 is 1.25 bits per heavy atom.